The fourth-order valence-electron chi connectivity index (χ4n) is 1.81. The maximum atomic E-state index is 10.7. The van der Waals surface area contributed by atoms with E-state index in [0.29, 0.717) is 0 Å². The van der Waals surface area contributed by atoms with Crippen LogP contribution in [-0.2, 0) is 7.05 Å². The Morgan fingerprint density at radius 2 is 2.57 bits per heavy atom. The number of carboxylic acids is 1. The van der Waals surface area contributed by atoms with Crippen molar-refractivity contribution in [2.24, 2.45) is 7.05 Å². The number of imidazole rings is 1. The molecule has 1 atom stereocenters. The van der Waals surface area contributed by atoms with E-state index in [2.05, 4.69) is 10.3 Å². The first kappa shape index (κ1) is 9.21. The summed E-state index contributed by atoms with van der Waals surface area (Å²) in [6.07, 6.45) is 3.71. The SMILES string of the molecule is Cn1cc(C(=O)O)nc1C1CCCN1. The van der Waals surface area contributed by atoms with Gasteiger partial charge in [-0.1, -0.05) is 0 Å². The van der Waals surface area contributed by atoms with Gasteiger partial charge in [0.05, 0.1) is 6.04 Å². The molecule has 14 heavy (non-hydrogen) atoms. The highest BCUT2D eigenvalue weighted by Gasteiger charge is 2.22. The minimum absolute atomic E-state index is 0.121. The van der Waals surface area contributed by atoms with Gasteiger partial charge in [-0.25, -0.2) is 9.78 Å². The molecule has 0 amide bonds. The minimum Gasteiger partial charge on any atom is -0.476 e. The van der Waals surface area contributed by atoms with Crippen LogP contribution in [0.4, 0.5) is 0 Å². The highest BCUT2D eigenvalue weighted by Crippen LogP contribution is 2.21. The lowest BCUT2D eigenvalue weighted by Crippen LogP contribution is -2.16. The molecule has 0 aliphatic carbocycles. The van der Waals surface area contributed by atoms with Gasteiger partial charge >= 0.3 is 5.97 Å². The van der Waals surface area contributed by atoms with Crippen LogP contribution in [0, 0.1) is 0 Å². The summed E-state index contributed by atoms with van der Waals surface area (Å²) in [6, 6.07) is 0.216. The Bertz CT molecular complexity index is 353. The molecular weight excluding hydrogens is 182 g/mol. The van der Waals surface area contributed by atoms with E-state index in [1.807, 2.05) is 7.05 Å². The number of hydrogen-bond donors (Lipinski definition) is 2. The number of aryl methyl sites for hydroxylation is 1. The van der Waals surface area contributed by atoms with Crippen LogP contribution in [0.1, 0.15) is 35.2 Å². The smallest absolute Gasteiger partial charge is 0.356 e. The molecule has 76 valence electrons. The first-order chi connectivity index (χ1) is 6.68. The molecular formula is C9H13N3O2. The van der Waals surface area contributed by atoms with Crippen LogP contribution in [0.3, 0.4) is 0 Å². The van der Waals surface area contributed by atoms with Crippen molar-refractivity contribution in [2.45, 2.75) is 18.9 Å². The van der Waals surface area contributed by atoms with Gasteiger partial charge in [0.25, 0.3) is 0 Å². The fourth-order valence-corrected chi connectivity index (χ4v) is 1.81. The Hall–Kier alpha value is -1.36. The summed E-state index contributed by atoms with van der Waals surface area (Å²) in [5, 5.41) is 12.1. The summed E-state index contributed by atoms with van der Waals surface area (Å²) >= 11 is 0. The van der Waals surface area contributed by atoms with Gasteiger partial charge < -0.3 is 15.0 Å². The van der Waals surface area contributed by atoms with Gasteiger partial charge in [0.2, 0.25) is 0 Å². The van der Waals surface area contributed by atoms with Gasteiger partial charge in [0, 0.05) is 13.2 Å². The van der Waals surface area contributed by atoms with E-state index >= 15 is 0 Å². The molecule has 1 unspecified atom stereocenters. The first-order valence-electron chi connectivity index (χ1n) is 4.68. The van der Waals surface area contributed by atoms with Crippen molar-refractivity contribution in [1.82, 2.24) is 14.9 Å². The average molecular weight is 195 g/mol. The molecule has 0 radical (unpaired) electrons. The van der Waals surface area contributed by atoms with Gasteiger partial charge in [0.1, 0.15) is 5.82 Å². The molecule has 0 saturated carbocycles. The number of hydrogen-bond acceptors (Lipinski definition) is 3. The molecule has 2 heterocycles. The van der Waals surface area contributed by atoms with Gasteiger partial charge in [-0.3, -0.25) is 0 Å². The van der Waals surface area contributed by atoms with E-state index in [4.69, 9.17) is 5.11 Å². The Kier molecular flexibility index (Phi) is 2.25. The maximum absolute atomic E-state index is 10.7. The molecule has 0 bridgehead atoms. The second kappa shape index (κ2) is 3.42. The number of aromatic carboxylic acids is 1. The Morgan fingerprint density at radius 1 is 1.79 bits per heavy atom. The predicted octanol–water partition coefficient (Wildman–Crippen LogP) is 0.543. The van der Waals surface area contributed by atoms with E-state index < -0.39 is 5.97 Å². The molecule has 1 aliphatic heterocycles. The predicted molar refractivity (Wildman–Crippen MR) is 50.1 cm³/mol. The quantitative estimate of drug-likeness (QED) is 0.723. The van der Waals surface area contributed by atoms with Gasteiger partial charge in [-0.05, 0) is 19.4 Å². The normalized spacial score (nSPS) is 21.4. The van der Waals surface area contributed by atoms with Crippen molar-refractivity contribution in [2.75, 3.05) is 6.54 Å². The number of rotatable bonds is 2. The standard InChI is InChI=1S/C9H13N3O2/c1-12-5-7(9(13)14)11-8(12)6-3-2-4-10-6/h5-6,10H,2-4H2,1H3,(H,13,14). The second-order valence-electron chi connectivity index (χ2n) is 3.55. The fraction of sp³-hybridized carbons (Fsp3) is 0.556. The second-order valence-corrected chi connectivity index (χ2v) is 3.55. The van der Waals surface area contributed by atoms with Crippen molar-refractivity contribution < 1.29 is 9.90 Å². The van der Waals surface area contributed by atoms with Crippen LogP contribution in [-0.4, -0.2) is 27.2 Å². The summed E-state index contributed by atoms with van der Waals surface area (Å²) in [6.45, 7) is 0.986. The lowest BCUT2D eigenvalue weighted by atomic mass is 10.2. The molecule has 1 aromatic heterocycles. The zero-order valence-electron chi connectivity index (χ0n) is 8.03. The Labute approximate surface area is 81.8 Å². The van der Waals surface area contributed by atoms with E-state index in [9.17, 15) is 4.79 Å². The number of nitrogens with zero attached hydrogens (tertiary/aromatic N) is 2. The molecule has 1 fully saturated rings. The molecule has 0 spiro atoms. The molecule has 0 aromatic carbocycles. The zero-order chi connectivity index (χ0) is 10.1. The molecule has 5 heteroatoms. The van der Waals surface area contributed by atoms with Crippen LogP contribution in [0.2, 0.25) is 0 Å². The van der Waals surface area contributed by atoms with Crippen molar-refractivity contribution in [3.63, 3.8) is 0 Å². The van der Waals surface area contributed by atoms with Crippen LogP contribution < -0.4 is 5.32 Å². The highest BCUT2D eigenvalue weighted by molar-refractivity contribution is 5.85. The zero-order valence-corrected chi connectivity index (χ0v) is 8.03. The maximum Gasteiger partial charge on any atom is 0.356 e. The lowest BCUT2D eigenvalue weighted by Gasteiger charge is -2.08. The summed E-state index contributed by atoms with van der Waals surface area (Å²) < 4.78 is 1.78. The average Bonchev–Trinajstić information content (AvgIpc) is 2.71. The molecule has 2 rings (SSSR count). The number of nitrogens with one attached hydrogen (secondary N) is 1. The first-order valence-corrected chi connectivity index (χ1v) is 4.68. The summed E-state index contributed by atoms with van der Waals surface area (Å²) in [5.41, 5.74) is 0.121. The monoisotopic (exact) mass is 195 g/mol. The third kappa shape index (κ3) is 1.50. The van der Waals surface area contributed by atoms with Gasteiger partial charge in [-0.2, -0.15) is 0 Å². The van der Waals surface area contributed by atoms with E-state index in [1.54, 1.807) is 10.8 Å². The number of carbonyl (C=O) groups is 1. The van der Waals surface area contributed by atoms with Crippen LogP contribution >= 0.6 is 0 Å². The van der Waals surface area contributed by atoms with E-state index in [0.717, 1.165) is 25.2 Å². The number of carboxylic acid groups (broad SMARTS) is 1. The van der Waals surface area contributed by atoms with Gasteiger partial charge in [-0.15, -0.1) is 0 Å². The highest BCUT2D eigenvalue weighted by atomic mass is 16.4. The molecule has 1 aliphatic rings. The lowest BCUT2D eigenvalue weighted by molar-refractivity contribution is 0.0691. The van der Waals surface area contributed by atoms with E-state index in [-0.39, 0.29) is 11.7 Å². The summed E-state index contributed by atoms with van der Waals surface area (Å²) in [5.74, 6) is -0.148. The van der Waals surface area contributed by atoms with Crippen LogP contribution in [0.5, 0.6) is 0 Å². The van der Waals surface area contributed by atoms with Crippen molar-refractivity contribution >= 4 is 5.97 Å². The number of aromatic nitrogens is 2. The van der Waals surface area contributed by atoms with Crippen LogP contribution in [0.25, 0.3) is 0 Å². The minimum atomic E-state index is -0.968. The molecule has 2 N–H and O–H groups in total. The van der Waals surface area contributed by atoms with Crippen molar-refractivity contribution in [3.8, 4) is 0 Å². The Balaban J connectivity index is 2.28. The van der Waals surface area contributed by atoms with Crippen LogP contribution in [0.15, 0.2) is 6.20 Å². The van der Waals surface area contributed by atoms with Crippen molar-refractivity contribution in [1.29, 1.82) is 0 Å². The molecule has 1 saturated heterocycles. The third-order valence-electron chi connectivity index (χ3n) is 2.50. The largest absolute Gasteiger partial charge is 0.476 e. The van der Waals surface area contributed by atoms with Gasteiger partial charge in [0.15, 0.2) is 5.69 Å². The third-order valence-corrected chi connectivity index (χ3v) is 2.50. The summed E-state index contributed by atoms with van der Waals surface area (Å²) in [7, 11) is 1.83. The summed E-state index contributed by atoms with van der Waals surface area (Å²) in [4.78, 5) is 14.8. The Morgan fingerprint density at radius 3 is 3.07 bits per heavy atom. The van der Waals surface area contributed by atoms with E-state index in [1.165, 1.54) is 0 Å². The molecule has 5 nitrogen and oxygen atoms in total. The topological polar surface area (TPSA) is 67.2 Å². The molecule has 1 aromatic rings. The van der Waals surface area contributed by atoms with Crippen molar-refractivity contribution in [3.05, 3.63) is 17.7 Å².